The molecule has 0 unspecified atom stereocenters. The van der Waals surface area contributed by atoms with E-state index < -0.39 is 0 Å². The third-order valence-corrected chi connectivity index (χ3v) is 6.46. The highest BCUT2D eigenvalue weighted by Crippen LogP contribution is 2.27. The molecule has 0 saturated heterocycles. The topological polar surface area (TPSA) is 16.1 Å². The Morgan fingerprint density at radius 3 is 2.77 bits per heavy atom. The molecular formula is C18H29FN2S. The summed E-state index contributed by atoms with van der Waals surface area (Å²) in [5.41, 5.74) is 1.30. The van der Waals surface area contributed by atoms with E-state index in [0.717, 1.165) is 36.7 Å². The molecule has 2 heterocycles. The molecule has 124 valence electrons. The molecule has 0 aromatic carbocycles. The van der Waals surface area contributed by atoms with Crippen LogP contribution in [0.3, 0.4) is 0 Å². The monoisotopic (exact) mass is 324 g/mol. The summed E-state index contributed by atoms with van der Waals surface area (Å²) in [7, 11) is 0. The van der Waals surface area contributed by atoms with Crippen molar-refractivity contribution in [3.63, 3.8) is 0 Å². The third-order valence-electron chi connectivity index (χ3n) is 5.25. The molecule has 1 aliphatic heterocycles. The normalized spacial score (nSPS) is 20.8. The van der Waals surface area contributed by atoms with Crippen LogP contribution in [0, 0.1) is 5.92 Å². The Morgan fingerprint density at radius 1 is 1.14 bits per heavy atom. The minimum Gasteiger partial charge on any atom is -0.303 e. The maximum absolute atomic E-state index is 12.3. The largest absolute Gasteiger partial charge is 0.303 e. The standard InChI is InChI=1S/C18H29FN2S/c19-11-4-7-18-20-16-9-13-21(14-10-17(16)22-18)12-8-15-5-2-1-3-6-15/h15H,1-14H2. The fraction of sp³-hybridized carbons (Fsp3) is 0.833. The summed E-state index contributed by atoms with van der Waals surface area (Å²) >= 11 is 1.83. The molecular weight excluding hydrogens is 295 g/mol. The van der Waals surface area contributed by atoms with Gasteiger partial charge in [-0.05, 0) is 31.7 Å². The van der Waals surface area contributed by atoms with E-state index >= 15 is 0 Å². The van der Waals surface area contributed by atoms with Crippen molar-refractivity contribution in [2.45, 2.75) is 64.2 Å². The first-order valence-corrected chi connectivity index (χ1v) is 9.92. The van der Waals surface area contributed by atoms with Gasteiger partial charge in [-0.25, -0.2) is 4.98 Å². The maximum Gasteiger partial charge on any atom is 0.0932 e. The minimum absolute atomic E-state index is 0.223. The van der Waals surface area contributed by atoms with E-state index in [2.05, 4.69) is 4.90 Å². The number of hydrogen-bond acceptors (Lipinski definition) is 3. The van der Waals surface area contributed by atoms with Gasteiger partial charge in [0.2, 0.25) is 0 Å². The van der Waals surface area contributed by atoms with Gasteiger partial charge in [0.1, 0.15) is 0 Å². The molecule has 1 saturated carbocycles. The smallest absolute Gasteiger partial charge is 0.0932 e. The second kappa shape index (κ2) is 8.39. The second-order valence-electron chi connectivity index (χ2n) is 6.90. The lowest BCUT2D eigenvalue weighted by atomic mass is 9.87. The lowest BCUT2D eigenvalue weighted by molar-refractivity contribution is 0.239. The zero-order chi connectivity index (χ0) is 15.2. The minimum atomic E-state index is -0.223. The van der Waals surface area contributed by atoms with Crippen LogP contribution in [0.15, 0.2) is 0 Å². The summed E-state index contributed by atoms with van der Waals surface area (Å²) in [6, 6.07) is 0. The van der Waals surface area contributed by atoms with Crippen LogP contribution in [-0.4, -0.2) is 36.2 Å². The van der Waals surface area contributed by atoms with Crippen molar-refractivity contribution >= 4 is 11.3 Å². The van der Waals surface area contributed by atoms with Gasteiger partial charge in [-0.3, -0.25) is 4.39 Å². The Bertz CT molecular complexity index is 428. The van der Waals surface area contributed by atoms with Gasteiger partial charge in [0.15, 0.2) is 0 Å². The fourth-order valence-corrected chi connectivity index (χ4v) is 5.00. The third kappa shape index (κ3) is 4.51. The van der Waals surface area contributed by atoms with Crippen LogP contribution in [0.2, 0.25) is 0 Å². The van der Waals surface area contributed by atoms with E-state index in [-0.39, 0.29) is 6.67 Å². The predicted octanol–water partition coefficient (Wildman–Crippen LogP) is 4.42. The molecule has 0 amide bonds. The molecule has 1 fully saturated rings. The van der Waals surface area contributed by atoms with Crippen molar-refractivity contribution in [1.82, 2.24) is 9.88 Å². The lowest BCUT2D eigenvalue weighted by Crippen LogP contribution is -2.29. The van der Waals surface area contributed by atoms with Gasteiger partial charge in [0.05, 0.1) is 17.4 Å². The number of alkyl halides is 1. The van der Waals surface area contributed by atoms with E-state index in [1.54, 1.807) is 0 Å². The molecule has 0 atom stereocenters. The number of fused-ring (bicyclic) bond motifs is 1. The summed E-state index contributed by atoms with van der Waals surface area (Å²) in [6.45, 7) is 3.39. The summed E-state index contributed by atoms with van der Waals surface area (Å²) in [6.07, 6.45) is 12.3. The highest BCUT2D eigenvalue weighted by molar-refractivity contribution is 7.11. The van der Waals surface area contributed by atoms with E-state index in [4.69, 9.17) is 4.98 Å². The molecule has 1 aliphatic carbocycles. The Morgan fingerprint density at radius 2 is 1.95 bits per heavy atom. The first kappa shape index (κ1) is 16.4. The number of aromatic nitrogens is 1. The molecule has 22 heavy (non-hydrogen) atoms. The van der Waals surface area contributed by atoms with E-state index in [0.29, 0.717) is 6.42 Å². The van der Waals surface area contributed by atoms with E-state index in [1.165, 1.54) is 62.2 Å². The average molecular weight is 325 g/mol. The molecule has 0 bridgehead atoms. The van der Waals surface area contributed by atoms with Gasteiger partial charge >= 0.3 is 0 Å². The molecule has 2 nitrogen and oxygen atoms in total. The number of halogens is 1. The zero-order valence-corrected chi connectivity index (χ0v) is 14.5. The molecule has 4 heteroatoms. The number of thiazole rings is 1. The Labute approximate surface area is 138 Å². The van der Waals surface area contributed by atoms with Crippen molar-refractivity contribution in [2.75, 3.05) is 26.3 Å². The van der Waals surface area contributed by atoms with Crippen LogP contribution in [0.1, 0.15) is 60.5 Å². The first-order chi connectivity index (χ1) is 10.8. The first-order valence-electron chi connectivity index (χ1n) is 9.11. The lowest BCUT2D eigenvalue weighted by Gasteiger charge is -2.26. The summed E-state index contributed by atoms with van der Waals surface area (Å²) in [4.78, 5) is 8.87. The Balaban J connectivity index is 1.45. The summed E-state index contributed by atoms with van der Waals surface area (Å²) < 4.78 is 12.3. The molecule has 2 aliphatic rings. The van der Waals surface area contributed by atoms with Gasteiger partial charge < -0.3 is 4.90 Å². The Hall–Kier alpha value is -0.480. The zero-order valence-electron chi connectivity index (χ0n) is 13.7. The van der Waals surface area contributed by atoms with Crippen molar-refractivity contribution in [3.8, 4) is 0 Å². The quantitative estimate of drug-likeness (QED) is 0.770. The second-order valence-corrected chi connectivity index (χ2v) is 8.07. The van der Waals surface area contributed by atoms with Crippen LogP contribution in [-0.2, 0) is 19.3 Å². The fourth-order valence-electron chi connectivity index (χ4n) is 3.85. The molecule has 0 N–H and O–H groups in total. The van der Waals surface area contributed by atoms with Gasteiger partial charge in [-0.15, -0.1) is 11.3 Å². The van der Waals surface area contributed by atoms with Crippen molar-refractivity contribution in [2.24, 2.45) is 5.92 Å². The van der Waals surface area contributed by atoms with Crippen LogP contribution in [0.5, 0.6) is 0 Å². The maximum atomic E-state index is 12.3. The Kier molecular flexibility index (Phi) is 6.25. The van der Waals surface area contributed by atoms with Crippen molar-refractivity contribution in [1.29, 1.82) is 0 Å². The van der Waals surface area contributed by atoms with Crippen LogP contribution >= 0.6 is 11.3 Å². The predicted molar refractivity (Wildman–Crippen MR) is 91.5 cm³/mol. The number of nitrogens with zero attached hydrogens (tertiary/aromatic N) is 2. The van der Waals surface area contributed by atoms with Crippen molar-refractivity contribution < 1.29 is 4.39 Å². The van der Waals surface area contributed by atoms with Crippen molar-refractivity contribution in [3.05, 3.63) is 15.6 Å². The van der Waals surface area contributed by atoms with Crippen LogP contribution < -0.4 is 0 Å². The van der Waals surface area contributed by atoms with E-state index in [9.17, 15) is 4.39 Å². The van der Waals surface area contributed by atoms with Crippen LogP contribution in [0.4, 0.5) is 4.39 Å². The molecule has 0 radical (unpaired) electrons. The van der Waals surface area contributed by atoms with Gasteiger partial charge in [-0.1, -0.05) is 32.1 Å². The molecule has 0 spiro atoms. The van der Waals surface area contributed by atoms with Gasteiger partial charge in [0, 0.05) is 30.8 Å². The van der Waals surface area contributed by atoms with E-state index in [1.807, 2.05) is 11.3 Å². The molecule has 1 aromatic heterocycles. The highest BCUT2D eigenvalue weighted by atomic mass is 32.1. The molecule has 1 aromatic rings. The van der Waals surface area contributed by atoms with Gasteiger partial charge in [0.25, 0.3) is 0 Å². The SMILES string of the molecule is FCCCc1nc2c(s1)CCN(CCC1CCCCC1)CC2. The molecule has 3 rings (SSSR count). The highest BCUT2D eigenvalue weighted by Gasteiger charge is 2.20. The summed E-state index contributed by atoms with van der Waals surface area (Å²) in [5.74, 6) is 0.983. The number of rotatable bonds is 6. The van der Waals surface area contributed by atoms with Gasteiger partial charge in [-0.2, -0.15) is 0 Å². The van der Waals surface area contributed by atoms with Crippen LogP contribution in [0.25, 0.3) is 0 Å². The summed E-state index contributed by atoms with van der Waals surface area (Å²) in [5, 5.41) is 1.15. The number of aryl methyl sites for hydroxylation is 1. The number of hydrogen-bond donors (Lipinski definition) is 0. The average Bonchev–Trinajstić information content (AvgIpc) is 2.86.